The van der Waals surface area contributed by atoms with Crippen LogP contribution in [0.1, 0.15) is 27.6 Å². The summed E-state index contributed by atoms with van der Waals surface area (Å²) in [5, 5.41) is 3.35. The van der Waals surface area contributed by atoms with Crippen LogP contribution in [0.2, 0.25) is 5.02 Å². The van der Waals surface area contributed by atoms with Crippen LogP contribution >= 0.6 is 11.6 Å². The van der Waals surface area contributed by atoms with Gasteiger partial charge in [0.2, 0.25) is 0 Å². The van der Waals surface area contributed by atoms with Crippen LogP contribution in [0.4, 0.5) is 18.9 Å². The zero-order chi connectivity index (χ0) is 24.6. The molecule has 2 aromatic heterocycles. The van der Waals surface area contributed by atoms with Gasteiger partial charge in [-0.1, -0.05) is 35.9 Å². The van der Waals surface area contributed by atoms with Gasteiger partial charge in [-0.2, -0.15) is 13.2 Å². The van der Waals surface area contributed by atoms with E-state index in [1.54, 1.807) is 30.3 Å². The monoisotopic (exact) mass is 496 g/mol. The van der Waals surface area contributed by atoms with E-state index >= 15 is 0 Å². The molecule has 0 bridgehead atoms. The molecule has 5 aromatic rings. The number of aromatic nitrogens is 1. The maximum Gasteiger partial charge on any atom is 0.416 e. The van der Waals surface area contributed by atoms with Gasteiger partial charge in [-0.05, 0) is 60.2 Å². The van der Waals surface area contributed by atoms with Crippen LogP contribution in [0.15, 0.2) is 87.7 Å². The molecule has 0 saturated carbocycles. The number of anilines is 1. The maximum absolute atomic E-state index is 13.0. The van der Waals surface area contributed by atoms with Gasteiger partial charge < -0.3 is 14.2 Å². The first kappa shape index (κ1) is 22.7. The molecule has 3 aromatic carbocycles. The Balaban J connectivity index is 1.31. The van der Waals surface area contributed by atoms with Crippen molar-refractivity contribution < 1.29 is 26.8 Å². The van der Waals surface area contributed by atoms with Crippen LogP contribution in [-0.4, -0.2) is 10.9 Å². The molecule has 5 rings (SSSR count). The Bertz CT molecular complexity index is 1520. The molecule has 176 valence electrons. The number of carbonyl (C=O) groups excluding carboxylic acids is 1. The molecular weight excluding hydrogens is 481 g/mol. The molecule has 0 saturated heterocycles. The Morgan fingerprint density at radius 3 is 2.51 bits per heavy atom. The SMILES string of the molecule is O=C(Nc1ccc2oc(Cc3ccc(Cl)cc3)nc2c1)c1ccc(-c2cccc(C(F)(F)F)c2)o1. The summed E-state index contributed by atoms with van der Waals surface area (Å²) in [5.74, 6) is 0.0798. The molecule has 0 unspecified atom stereocenters. The summed E-state index contributed by atoms with van der Waals surface area (Å²) in [6.07, 6.45) is -3.99. The van der Waals surface area contributed by atoms with Gasteiger partial charge in [0, 0.05) is 22.7 Å². The molecule has 0 atom stereocenters. The van der Waals surface area contributed by atoms with Crippen molar-refractivity contribution in [1.29, 1.82) is 0 Å². The second kappa shape index (κ2) is 8.96. The Labute approximate surface area is 202 Å². The number of nitrogens with one attached hydrogen (secondary N) is 1. The highest BCUT2D eigenvalue weighted by molar-refractivity contribution is 6.30. The van der Waals surface area contributed by atoms with Crippen molar-refractivity contribution >= 4 is 34.3 Å². The lowest BCUT2D eigenvalue weighted by Gasteiger charge is -2.07. The number of fused-ring (bicyclic) bond motifs is 1. The molecular formula is C26H16ClF3N2O3. The first-order chi connectivity index (χ1) is 16.7. The van der Waals surface area contributed by atoms with Gasteiger partial charge in [0.05, 0.1) is 5.56 Å². The Morgan fingerprint density at radius 1 is 0.943 bits per heavy atom. The quantitative estimate of drug-likeness (QED) is 0.272. The second-order valence-electron chi connectivity index (χ2n) is 7.79. The van der Waals surface area contributed by atoms with Crippen molar-refractivity contribution in [3.63, 3.8) is 0 Å². The predicted molar refractivity (Wildman–Crippen MR) is 125 cm³/mol. The number of hydrogen-bond donors (Lipinski definition) is 1. The summed E-state index contributed by atoms with van der Waals surface area (Å²) in [4.78, 5) is 17.1. The van der Waals surface area contributed by atoms with Crippen LogP contribution < -0.4 is 5.32 Å². The minimum absolute atomic E-state index is 0.0407. The van der Waals surface area contributed by atoms with E-state index in [2.05, 4.69) is 10.3 Å². The smallest absolute Gasteiger partial charge is 0.416 e. The van der Waals surface area contributed by atoms with Gasteiger partial charge >= 0.3 is 6.18 Å². The molecule has 0 aliphatic heterocycles. The third kappa shape index (κ3) is 5.07. The zero-order valence-corrected chi connectivity index (χ0v) is 18.7. The van der Waals surface area contributed by atoms with E-state index in [9.17, 15) is 18.0 Å². The highest BCUT2D eigenvalue weighted by Crippen LogP contribution is 2.33. The molecule has 0 spiro atoms. The van der Waals surface area contributed by atoms with Crippen LogP contribution in [0.25, 0.3) is 22.4 Å². The number of nitrogens with zero attached hydrogens (tertiary/aromatic N) is 1. The number of benzene rings is 3. The highest BCUT2D eigenvalue weighted by Gasteiger charge is 2.30. The molecule has 0 radical (unpaired) electrons. The Kier molecular flexibility index (Phi) is 5.82. The first-order valence-electron chi connectivity index (χ1n) is 10.5. The van der Waals surface area contributed by atoms with Crippen LogP contribution in [-0.2, 0) is 12.6 Å². The predicted octanol–water partition coefficient (Wildman–Crippen LogP) is 7.60. The van der Waals surface area contributed by atoms with E-state index in [-0.39, 0.29) is 17.1 Å². The van der Waals surface area contributed by atoms with Gasteiger partial charge in [0.1, 0.15) is 11.3 Å². The molecule has 9 heteroatoms. The Hall–Kier alpha value is -4.04. The molecule has 1 amide bonds. The number of oxazole rings is 1. The summed E-state index contributed by atoms with van der Waals surface area (Å²) in [6, 6.07) is 20.0. The number of alkyl halides is 3. The van der Waals surface area contributed by atoms with Gasteiger partial charge in [-0.3, -0.25) is 4.79 Å². The highest BCUT2D eigenvalue weighted by atomic mass is 35.5. The minimum Gasteiger partial charge on any atom is -0.451 e. The number of halogens is 4. The van der Waals surface area contributed by atoms with Gasteiger partial charge in [-0.25, -0.2) is 4.98 Å². The number of hydrogen-bond acceptors (Lipinski definition) is 4. The fraction of sp³-hybridized carbons (Fsp3) is 0.0769. The Morgan fingerprint density at radius 2 is 1.74 bits per heavy atom. The van der Waals surface area contributed by atoms with Gasteiger partial charge in [0.15, 0.2) is 17.2 Å². The second-order valence-corrected chi connectivity index (χ2v) is 8.23. The third-order valence-corrected chi connectivity index (χ3v) is 5.51. The lowest BCUT2D eigenvalue weighted by molar-refractivity contribution is -0.137. The maximum atomic E-state index is 13.0. The molecule has 0 aliphatic carbocycles. The molecule has 2 heterocycles. The van der Waals surface area contributed by atoms with Crippen molar-refractivity contribution in [2.24, 2.45) is 0 Å². The average molecular weight is 497 g/mol. The molecule has 0 aliphatic rings. The van der Waals surface area contributed by atoms with Crippen molar-refractivity contribution in [1.82, 2.24) is 4.98 Å². The largest absolute Gasteiger partial charge is 0.451 e. The molecule has 5 nitrogen and oxygen atoms in total. The zero-order valence-electron chi connectivity index (χ0n) is 17.9. The summed E-state index contributed by atoms with van der Waals surface area (Å²) in [6.45, 7) is 0. The van der Waals surface area contributed by atoms with E-state index in [4.69, 9.17) is 20.4 Å². The number of furan rings is 1. The minimum atomic E-state index is -4.47. The standard InChI is InChI=1S/C26H16ClF3N2O3/c27-18-6-4-15(5-7-18)12-24-32-20-14-19(8-9-22(20)35-24)31-25(33)23-11-10-21(34-23)16-2-1-3-17(13-16)26(28,29)30/h1-11,13-14H,12H2,(H,31,33). The van der Waals surface area contributed by atoms with E-state index in [0.29, 0.717) is 34.1 Å². The lowest BCUT2D eigenvalue weighted by atomic mass is 10.1. The molecule has 35 heavy (non-hydrogen) atoms. The fourth-order valence-corrected chi connectivity index (χ4v) is 3.69. The molecule has 1 N–H and O–H groups in total. The summed E-state index contributed by atoms with van der Waals surface area (Å²) in [7, 11) is 0. The fourth-order valence-electron chi connectivity index (χ4n) is 3.56. The molecule has 0 fully saturated rings. The van der Waals surface area contributed by atoms with Crippen molar-refractivity contribution in [2.45, 2.75) is 12.6 Å². The first-order valence-corrected chi connectivity index (χ1v) is 10.9. The van der Waals surface area contributed by atoms with E-state index in [1.165, 1.54) is 24.3 Å². The number of rotatable bonds is 5. The van der Waals surface area contributed by atoms with E-state index < -0.39 is 17.6 Å². The lowest BCUT2D eigenvalue weighted by Crippen LogP contribution is -2.10. The van der Waals surface area contributed by atoms with Crippen molar-refractivity contribution in [3.8, 4) is 11.3 Å². The van der Waals surface area contributed by atoms with Crippen molar-refractivity contribution in [3.05, 3.63) is 107 Å². The summed E-state index contributed by atoms with van der Waals surface area (Å²) < 4.78 is 50.2. The number of carbonyl (C=O) groups is 1. The normalized spacial score (nSPS) is 11.7. The van der Waals surface area contributed by atoms with E-state index in [0.717, 1.165) is 17.7 Å². The topological polar surface area (TPSA) is 68.3 Å². The van der Waals surface area contributed by atoms with Crippen molar-refractivity contribution in [2.75, 3.05) is 5.32 Å². The van der Waals surface area contributed by atoms with Crippen LogP contribution in [0, 0.1) is 0 Å². The van der Waals surface area contributed by atoms with Crippen LogP contribution in [0.3, 0.4) is 0 Å². The van der Waals surface area contributed by atoms with E-state index in [1.807, 2.05) is 12.1 Å². The summed E-state index contributed by atoms with van der Waals surface area (Å²) in [5.41, 5.74) is 2.01. The number of amides is 1. The summed E-state index contributed by atoms with van der Waals surface area (Å²) >= 11 is 5.92. The van der Waals surface area contributed by atoms with Crippen LogP contribution in [0.5, 0.6) is 0 Å². The van der Waals surface area contributed by atoms with Gasteiger partial charge in [-0.15, -0.1) is 0 Å². The van der Waals surface area contributed by atoms with Gasteiger partial charge in [0.25, 0.3) is 5.91 Å². The third-order valence-electron chi connectivity index (χ3n) is 5.26. The average Bonchev–Trinajstić information content (AvgIpc) is 3.47.